The van der Waals surface area contributed by atoms with Crippen LogP contribution in [0.15, 0.2) is 9.31 Å². The summed E-state index contributed by atoms with van der Waals surface area (Å²) in [7, 11) is -2.71. The van der Waals surface area contributed by atoms with Crippen LogP contribution in [0.5, 0.6) is 0 Å². The highest BCUT2D eigenvalue weighted by Gasteiger charge is 2.38. The summed E-state index contributed by atoms with van der Waals surface area (Å²) in [5.74, 6) is -0.408. The number of furan rings is 1. The number of aliphatic hydroxyl groups excluding tert-OH is 1. The van der Waals surface area contributed by atoms with E-state index in [1.165, 1.54) is 21.0 Å². The molecule has 1 saturated heterocycles. The Hall–Kier alpha value is -1.38. The molecule has 1 aromatic rings. The van der Waals surface area contributed by atoms with E-state index in [0.717, 1.165) is 4.31 Å². The van der Waals surface area contributed by atoms with Crippen molar-refractivity contribution in [2.75, 3.05) is 20.2 Å². The number of aryl methyl sites for hydroxylation is 2. The highest BCUT2D eigenvalue weighted by molar-refractivity contribution is 7.89. The van der Waals surface area contributed by atoms with Gasteiger partial charge in [-0.3, -0.25) is 0 Å². The summed E-state index contributed by atoms with van der Waals surface area (Å²) < 4.78 is 36.2. The fraction of sp³-hybridized carbons (Fsp3) is 0.583. The van der Waals surface area contributed by atoms with Crippen LogP contribution in [0.1, 0.15) is 28.3 Å². The second-order valence-corrected chi connectivity index (χ2v) is 6.59. The van der Waals surface area contributed by atoms with E-state index in [1.54, 1.807) is 0 Å². The van der Waals surface area contributed by atoms with Gasteiger partial charge in [-0.25, -0.2) is 13.2 Å². The summed E-state index contributed by atoms with van der Waals surface area (Å²) in [6.07, 6.45) is -0.303. The fourth-order valence-electron chi connectivity index (χ4n) is 2.37. The van der Waals surface area contributed by atoms with Crippen molar-refractivity contribution in [1.82, 2.24) is 4.31 Å². The van der Waals surface area contributed by atoms with Crippen molar-refractivity contribution in [3.8, 4) is 0 Å². The molecule has 0 saturated carbocycles. The van der Waals surface area contributed by atoms with Gasteiger partial charge in [0.15, 0.2) is 0 Å². The van der Waals surface area contributed by atoms with E-state index < -0.39 is 22.1 Å². The van der Waals surface area contributed by atoms with Crippen molar-refractivity contribution in [2.24, 2.45) is 0 Å². The topological polar surface area (TPSA) is 97.0 Å². The minimum absolute atomic E-state index is 0.0204. The molecule has 1 N–H and O–H groups in total. The molecule has 0 spiro atoms. The normalized spacial score (nSPS) is 20.3. The van der Waals surface area contributed by atoms with Gasteiger partial charge in [-0.15, -0.1) is 0 Å². The molecule has 0 amide bonds. The minimum atomic E-state index is -3.89. The molecule has 112 valence electrons. The lowest BCUT2D eigenvalue weighted by Crippen LogP contribution is -2.31. The van der Waals surface area contributed by atoms with Crippen molar-refractivity contribution >= 4 is 16.0 Å². The number of β-amino-alcohol motifs (C(OH)–C–C–N with tert-alkyl or cyclic N) is 1. The molecule has 1 fully saturated rings. The van der Waals surface area contributed by atoms with Gasteiger partial charge in [0, 0.05) is 13.1 Å². The predicted octanol–water partition coefficient (Wildman–Crippen LogP) is 0.438. The third-order valence-electron chi connectivity index (χ3n) is 3.32. The maximum Gasteiger partial charge on any atom is 0.342 e. The molecule has 1 atom stereocenters. The Balaban J connectivity index is 2.54. The van der Waals surface area contributed by atoms with E-state index in [9.17, 15) is 18.3 Å². The van der Waals surface area contributed by atoms with Gasteiger partial charge in [0.1, 0.15) is 22.0 Å². The Bertz CT molecular complexity index is 633. The first-order valence-electron chi connectivity index (χ1n) is 6.15. The lowest BCUT2D eigenvalue weighted by atomic mass is 10.2. The van der Waals surface area contributed by atoms with E-state index >= 15 is 0 Å². The molecule has 1 aromatic heterocycles. The first-order chi connectivity index (χ1) is 9.28. The molecule has 1 aliphatic rings. The molecular weight excluding hydrogens is 286 g/mol. The molecule has 0 bridgehead atoms. The van der Waals surface area contributed by atoms with Gasteiger partial charge >= 0.3 is 5.97 Å². The van der Waals surface area contributed by atoms with Gasteiger partial charge < -0.3 is 14.3 Å². The van der Waals surface area contributed by atoms with Crippen LogP contribution in [0.25, 0.3) is 0 Å². The van der Waals surface area contributed by atoms with Crippen LogP contribution >= 0.6 is 0 Å². The number of aliphatic hydroxyl groups is 1. The Morgan fingerprint density at radius 2 is 2.05 bits per heavy atom. The summed E-state index contributed by atoms with van der Waals surface area (Å²) in [4.78, 5) is 11.6. The minimum Gasteiger partial charge on any atom is -0.465 e. The Morgan fingerprint density at radius 1 is 1.40 bits per heavy atom. The van der Waals surface area contributed by atoms with Gasteiger partial charge in [0.05, 0.1) is 13.2 Å². The summed E-state index contributed by atoms with van der Waals surface area (Å²) in [6.45, 7) is 3.23. The zero-order chi connectivity index (χ0) is 15.1. The number of carbonyl (C=O) groups excluding carboxylic acids is 1. The summed E-state index contributed by atoms with van der Waals surface area (Å²) in [5, 5.41) is 9.49. The molecular formula is C12H17NO6S. The quantitative estimate of drug-likeness (QED) is 0.814. The number of hydrogen-bond acceptors (Lipinski definition) is 6. The predicted molar refractivity (Wildman–Crippen MR) is 68.9 cm³/mol. The first-order valence-corrected chi connectivity index (χ1v) is 7.59. The van der Waals surface area contributed by atoms with E-state index in [2.05, 4.69) is 4.74 Å². The summed E-state index contributed by atoms with van der Waals surface area (Å²) >= 11 is 0. The number of hydrogen-bond donors (Lipinski definition) is 1. The average molecular weight is 303 g/mol. The lowest BCUT2D eigenvalue weighted by Gasteiger charge is -2.16. The highest BCUT2D eigenvalue weighted by atomic mass is 32.2. The molecule has 0 radical (unpaired) electrons. The standard InChI is InChI=1S/C12H17NO6S/c1-7-10(12(15)18-3)11(8(2)19-7)20(16,17)13-5-4-9(14)6-13/h9,14H,4-6H2,1-3H3/t9-/m0/s1. The first kappa shape index (κ1) is 15.0. The van der Waals surface area contributed by atoms with Crippen molar-refractivity contribution in [2.45, 2.75) is 31.3 Å². The molecule has 7 nitrogen and oxygen atoms in total. The molecule has 20 heavy (non-hydrogen) atoms. The Kier molecular flexibility index (Phi) is 3.90. The van der Waals surface area contributed by atoms with Crippen molar-refractivity contribution in [1.29, 1.82) is 0 Å². The fourth-order valence-corrected chi connectivity index (χ4v) is 4.23. The average Bonchev–Trinajstić information content (AvgIpc) is 2.92. The monoisotopic (exact) mass is 303 g/mol. The van der Waals surface area contributed by atoms with E-state index in [1.807, 2.05) is 0 Å². The largest absolute Gasteiger partial charge is 0.465 e. The van der Waals surface area contributed by atoms with Crippen molar-refractivity contribution in [3.05, 3.63) is 17.1 Å². The zero-order valence-electron chi connectivity index (χ0n) is 11.5. The molecule has 0 unspecified atom stereocenters. The van der Waals surface area contributed by atoms with Crippen molar-refractivity contribution in [3.63, 3.8) is 0 Å². The van der Waals surface area contributed by atoms with Crippen LogP contribution in [-0.4, -0.2) is 50.1 Å². The van der Waals surface area contributed by atoms with Gasteiger partial charge in [-0.1, -0.05) is 0 Å². The number of nitrogens with zero attached hydrogens (tertiary/aromatic N) is 1. The number of esters is 1. The molecule has 1 aliphatic heterocycles. The number of carbonyl (C=O) groups is 1. The maximum absolute atomic E-state index is 12.6. The third kappa shape index (κ3) is 2.34. The Labute approximate surface area is 117 Å². The molecule has 0 aromatic carbocycles. The lowest BCUT2D eigenvalue weighted by molar-refractivity contribution is 0.0594. The number of ether oxygens (including phenoxy) is 1. The van der Waals surface area contributed by atoms with Gasteiger partial charge in [-0.05, 0) is 20.3 Å². The van der Waals surface area contributed by atoms with Gasteiger partial charge in [0.25, 0.3) is 0 Å². The SMILES string of the molecule is COC(=O)c1c(C)oc(C)c1S(=O)(=O)N1CC[C@H](O)C1. The van der Waals surface area contributed by atoms with E-state index in [4.69, 9.17) is 4.42 Å². The molecule has 8 heteroatoms. The summed E-state index contributed by atoms with van der Waals surface area (Å²) in [5.41, 5.74) is -0.0774. The van der Waals surface area contributed by atoms with Crippen LogP contribution < -0.4 is 0 Å². The smallest absolute Gasteiger partial charge is 0.342 e. The molecule has 2 rings (SSSR count). The second kappa shape index (κ2) is 5.19. The van der Waals surface area contributed by atoms with Crippen LogP contribution in [0.4, 0.5) is 0 Å². The Morgan fingerprint density at radius 3 is 2.55 bits per heavy atom. The number of sulfonamides is 1. The molecule has 2 heterocycles. The third-order valence-corrected chi connectivity index (χ3v) is 5.34. The van der Waals surface area contributed by atoms with Crippen LogP contribution in [0, 0.1) is 13.8 Å². The number of rotatable bonds is 3. The second-order valence-electron chi connectivity index (χ2n) is 4.72. The summed E-state index contributed by atoms with van der Waals surface area (Å²) in [6, 6.07) is 0. The number of methoxy groups -OCH3 is 1. The highest BCUT2D eigenvalue weighted by Crippen LogP contribution is 2.31. The van der Waals surface area contributed by atoms with Crippen LogP contribution in [0.3, 0.4) is 0 Å². The van der Waals surface area contributed by atoms with Gasteiger partial charge in [-0.2, -0.15) is 4.31 Å². The zero-order valence-corrected chi connectivity index (χ0v) is 12.4. The maximum atomic E-state index is 12.6. The molecule has 0 aliphatic carbocycles. The van der Waals surface area contributed by atoms with E-state index in [-0.39, 0.29) is 35.1 Å². The van der Waals surface area contributed by atoms with Gasteiger partial charge in [0.2, 0.25) is 10.0 Å². The van der Waals surface area contributed by atoms with Crippen molar-refractivity contribution < 1.29 is 27.5 Å². The van der Waals surface area contributed by atoms with E-state index in [0.29, 0.717) is 6.42 Å². The van der Waals surface area contributed by atoms with Crippen LogP contribution in [0.2, 0.25) is 0 Å². The van der Waals surface area contributed by atoms with Crippen LogP contribution in [-0.2, 0) is 14.8 Å².